The largest absolute Gasteiger partial charge is 0.494 e. The molecule has 0 fully saturated rings. The minimum atomic E-state index is -0.318. The first kappa shape index (κ1) is 19.2. The molecular formula is C20H23N3O3. The first-order valence-electron chi connectivity index (χ1n) is 8.48. The summed E-state index contributed by atoms with van der Waals surface area (Å²) in [5.74, 6) is 0.217. The van der Waals surface area contributed by atoms with E-state index in [1.54, 1.807) is 0 Å². The number of aryl methyl sites for hydroxylation is 1. The molecule has 2 rings (SSSR count). The van der Waals surface area contributed by atoms with Gasteiger partial charge in [-0.3, -0.25) is 9.59 Å². The quantitative estimate of drug-likeness (QED) is 0.565. The third-order valence-corrected chi connectivity index (χ3v) is 3.49. The second-order valence-electron chi connectivity index (χ2n) is 5.71. The van der Waals surface area contributed by atoms with Crippen LogP contribution in [-0.2, 0) is 9.59 Å². The highest BCUT2D eigenvalue weighted by Gasteiger charge is 2.06. The summed E-state index contributed by atoms with van der Waals surface area (Å²) in [6.07, 6.45) is 1.69. The molecule has 0 saturated carbocycles. The maximum absolute atomic E-state index is 11.9. The van der Waals surface area contributed by atoms with E-state index in [4.69, 9.17) is 4.74 Å². The van der Waals surface area contributed by atoms with Crippen molar-refractivity contribution in [3.8, 4) is 5.75 Å². The van der Waals surface area contributed by atoms with Crippen molar-refractivity contribution in [2.24, 2.45) is 5.10 Å². The summed E-state index contributed by atoms with van der Waals surface area (Å²) in [6, 6.07) is 14.9. The molecule has 0 aliphatic carbocycles. The number of amides is 2. The Hall–Kier alpha value is -3.15. The van der Waals surface area contributed by atoms with Crippen LogP contribution in [0.1, 0.15) is 30.9 Å². The van der Waals surface area contributed by atoms with Crippen molar-refractivity contribution in [2.45, 2.75) is 26.7 Å². The van der Waals surface area contributed by atoms with Crippen LogP contribution in [-0.4, -0.2) is 24.6 Å². The molecule has 2 N–H and O–H groups in total. The van der Waals surface area contributed by atoms with Gasteiger partial charge in [0.05, 0.1) is 12.8 Å². The van der Waals surface area contributed by atoms with Crippen LogP contribution in [0.4, 0.5) is 5.69 Å². The molecule has 2 aromatic rings. The zero-order valence-corrected chi connectivity index (χ0v) is 15.0. The summed E-state index contributed by atoms with van der Waals surface area (Å²) < 4.78 is 5.40. The molecule has 0 atom stereocenters. The fourth-order valence-electron chi connectivity index (χ4n) is 2.17. The molecule has 6 heteroatoms. The van der Waals surface area contributed by atoms with Gasteiger partial charge in [-0.05, 0) is 43.7 Å². The smallest absolute Gasteiger partial charge is 0.240 e. The minimum absolute atomic E-state index is 0.0635. The monoisotopic (exact) mass is 353 g/mol. The molecule has 0 heterocycles. The Labute approximate surface area is 153 Å². The second-order valence-corrected chi connectivity index (χ2v) is 5.71. The van der Waals surface area contributed by atoms with E-state index in [1.165, 1.54) is 6.21 Å². The standard InChI is InChI=1S/C20H23N3O3/c1-3-26-18-6-4-5-16(13-18)14-21-23-20(25)12-11-19(24)22-17-9-7-15(2)8-10-17/h4-10,13-14H,3,11-12H2,1-2H3,(H,22,24)(H,23,25). The van der Waals surface area contributed by atoms with Crippen LogP contribution >= 0.6 is 0 Å². The average Bonchev–Trinajstić information content (AvgIpc) is 2.63. The lowest BCUT2D eigenvalue weighted by Gasteiger charge is -2.05. The van der Waals surface area contributed by atoms with Crippen LogP contribution in [0.2, 0.25) is 0 Å². The summed E-state index contributed by atoms with van der Waals surface area (Å²) in [4.78, 5) is 23.6. The van der Waals surface area contributed by atoms with Crippen LogP contribution in [0.3, 0.4) is 0 Å². The van der Waals surface area contributed by atoms with E-state index in [0.717, 1.165) is 16.9 Å². The van der Waals surface area contributed by atoms with Crippen molar-refractivity contribution in [1.29, 1.82) is 0 Å². The summed E-state index contributed by atoms with van der Waals surface area (Å²) in [5, 5.41) is 6.66. The zero-order chi connectivity index (χ0) is 18.8. The Kier molecular flexibility index (Phi) is 7.36. The number of nitrogens with zero attached hydrogens (tertiary/aromatic N) is 1. The topological polar surface area (TPSA) is 79.8 Å². The number of hydrogen-bond donors (Lipinski definition) is 2. The third-order valence-electron chi connectivity index (χ3n) is 3.49. The first-order chi connectivity index (χ1) is 12.6. The Morgan fingerprint density at radius 3 is 2.54 bits per heavy atom. The predicted octanol–water partition coefficient (Wildman–Crippen LogP) is 3.26. The van der Waals surface area contributed by atoms with Gasteiger partial charge in [-0.15, -0.1) is 0 Å². The number of carbonyl (C=O) groups is 2. The van der Waals surface area contributed by atoms with Crippen LogP contribution in [0.15, 0.2) is 53.6 Å². The number of carbonyl (C=O) groups excluding carboxylic acids is 2. The van der Waals surface area contributed by atoms with Crippen molar-refractivity contribution in [3.05, 3.63) is 59.7 Å². The van der Waals surface area contributed by atoms with Gasteiger partial charge in [0.15, 0.2) is 0 Å². The number of nitrogens with one attached hydrogen (secondary N) is 2. The second kappa shape index (κ2) is 9.98. The molecule has 0 saturated heterocycles. The molecule has 136 valence electrons. The van der Waals surface area contributed by atoms with Gasteiger partial charge in [0, 0.05) is 18.5 Å². The minimum Gasteiger partial charge on any atom is -0.494 e. The average molecular weight is 353 g/mol. The maximum Gasteiger partial charge on any atom is 0.240 e. The lowest BCUT2D eigenvalue weighted by atomic mass is 10.2. The van der Waals surface area contributed by atoms with Gasteiger partial charge in [0.2, 0.25) is 11.8 Å². The Balaban J connectivity index is 1.73. The summed E-state index contributed by atoms with van der Waals surface area (Å²) in [5.41, 5.74) is 5.07. The van der Waals surface area contributed by atoms with Gasteiger partial charge in [0.25, 0.3) is 0 Å². The van der Waals surface area contributed by atoms with Crippen molar-refractivity contribution in [1.82, 2.24) is 5.43 Å². The number of ether oxygens (including phenoxy) is 1. The predicted molar refractivity (Wildman–Crippen MR) is 102 cm³/mol. The van der Waals surface area contributed by atoms with Crippen molar-refractivity contribution in [2.75, 3.05) is 11.9 Å². The van der Waals surface area contributed by atoms with E-state index >= 15 is 0 Å². The molecule has 26 heavy (non-hydrogen) atoms. The highest BCUT2D eigenvalue weighted by Crippen LogP contribution is 2.11. The zero-order valence-electron chi connectivity index (χ0n) is 15.0. The molecule has 0 aliphatic rings. The number of anilines is 1. The molecule has 0 aromatic heterocycles. The van der Waals surface area contributed by atoms with Crippen LogP contribution in [0.5, 0.6) is 5.75 Å². The van der Waals surface area contributed by atoms with E-state index in [-0.39, 0.29) is 24.7 Å². The fraction of sp³-hybridized carbons (Fsp3) is 0.250. The molecule has 0 aliphatic heterocycles. The van der Waals surface area contributed by atoms with Crippen LogP contribution in [0.25, 0.3) is 0 Å². The molecule has 0 spiro atoms. The molecule has 0 bridgehead atoms. The van der Waals surface area contributed by atoms with E-state index in [2.05, 4.69) is 15.8 Å². The SMILES string of the molecule is CCOc1cccc(C=NNC(=O)CCC(=O)Nc2ccc(C)cc2)c1. The maximum atomic E-state index is 11.9. The molecule has 2 amide bonds. The van der Waals surface area contributed by atoms with Crippen LogP contribution < -0.4 is 15.5 Å². The normalized spacial score (nSPS) is 10.5. The van der Waals surface area contributed by atoms with Gasteiger partial charge >= 0.3 is 0 Å². The van der Waals surface area contributed by atoms with Gasteiger partial charge in [-0.25, -0.2) is 5.43 Å². The molecular weight excluding hydrogens is 330 g/mol. The van der Waals surface area contributed by atoms with Gasteiger partial charge in [-0.1, -0.05) is 29.8 Å². The van der Waals surface area contributed by atoms with Crippen molar-refractivity contribution in [3.63, 3.8) is 0 Å². The highest BCUT2D eigenvalue weighted by atomic mass is 16.5. The Morgan fingerprint density at radius 1 is 1.08 bits per heavy atom. The molecule has 0 unspecified atom stereocenters. The number of rotatable bonds is 8. The van der Waals surface area contributed by atoms with Gasteiger partial charge < -0.3 is 10.1 Å². The Morgan fingerprint density at radius 2 is 1.81 bits per heavy atom. The van der Waals surface area contributed by atoms with E-state index in [0.29, 0.717) is 12.3 Å². The lowest BCUT2D eigenvalue weighted by molar-refractivity contribution is -0.124. The van der Waals surface area contributed by atoms with Crippen molar-refractivity contribution >= 4 is 23.7 Å². The van der Waals surface area contributed by atoms with Crippen LogP contribution in [0, 0.1) is 6.92 Å². The van der Waals surface area contributed by atoms with Gasteiger partial charge in [-0.2, -0.15) is 5.10 Å². The summed E-state index contributed by atoms with van der Waals surface area (Å²) >= 11 is 0. The van der Waals surface area contributed by atoms with E-state index in [1.807, 2.05) is 62.4 Å². The summed E-state index contributed by atoms with van der Waals surface area (Å²) in [6.45, 7) is 4.47. The number of hydrazone groups is 1. The summed E-state index contributed by atoms with van der Waals surface area (Å²) in [7, 11) is 0. The number of benzene rings is 2. The van der Waals surface area contributed by atoms with E-state index < -0.39 is 0 Å². The first-order valence-corrected chi connectivity index (χ1v) is 8.48. The van der Waals surface area contributed by atoms with E-state index in [9.17, 15) is 9.59 Å². The lowest BCUT2D eigenvalue weighted by Crippen LogP contribution is -2.20. The fourth-order valence-corrected chi connectivity index (χ4v) is 2.17. The third kappa shape index (κ3) is 6.76. The Bertz CT molecular complexity index is 770. The van der Waals surface area contributed by atoms with Gasteiger partial charge in [0.1, 0.15) is 5.75 Å². The molecule has 6 nitrogen and oxygen atoms in total. The molecule has 0 radical (unpaired) electrons. The molecule has 2 aromatic carbocycles. The highest BCUT2D eigenvalue weighted by molar-refractivity contribution is 5.93. The van der Waals surface area contributed by atoms with Crippen molar-refractivity contribution < 1.29 is 14.3 Å². The number of hydrogen-bond acceptors (Lipinski definition) is 4.